The molecule has 0 aliphatic heterocycles. The molecule has 2 fully saturated rings. The average molecular weight is 514 g/mol. The van der Waals surface area contributed by atoms with Gasteiger partial charge in [0.15, 0.2) is 0 Å². The molecule has 2 saturated carbocycles. The highest BCUT2D eigenvalue weighted by Crippen LogP contribution is 2.62. The van der Waals surface area contributed by atoms with E-state index in [1.165, 1.54) is 11.1 Å². The van der Waals surface area contributed by atoms with Gasteiger partial charge in [-0.05, 0) is 110 Å². The molecule has 3 N–H and O–H groups in total. The van der Waals surface area contributed by atoms with Gasteiger partial charge >= 0.3 is 0 Å². The number of phenols is 1. The SMILES string of the molecule is CCCc1cc2c(cc1O)CC[C@H]1[C@@H]3[C@H](CCCC(=O)Nc4ccc5cn[nH]c5c4)CC(=O)[C@@]3(C)CC[C@H]21. The molecule has 200 valence electrons. The fourth-order valence-electron chi connectivity index (χ4n) is 8.21. The van der Waals surface area contributed by atoms with Crippen LogP contribution in [-0.4, -0.2) is 27.0 Å². The van der Waals surface area contributed by atoms with Crippen molar-refractivity contribution >= 4 is 28.3 Å². The van der Waals surface area contributed by atoms with E-state index in [4.69, 9.17) is 0 Å². The molecule has 5 atom stereocenters. The van der Waals surface area contributed by atoms with Crippen LogP contribution in [-0.2, 0) is 22.4 Å². The number of carbonyl (C=O) groups excluding carboxylic acids is 2. The van der Waals surface area contributed by atoms with Crippen molar-refractivity contribution in [2.75, 3.05) is 5.32 Å². The summed E-state index contributed by atoms with van der Waals surface area (Å²) in [6.07, 6.45) is 10.6. The quantitative estimate of drug-likeness (QED) is 0.328. The Bertz CT molecular complexity index is 1380. The first-order chi connectivity index (χ1) is 18.4. The van der Waals surface area contributed by atoms with E-state index in [0.717, 1.165) is 73.5 Å². The summed E-state index contributed by atoms with van der Waals surface area (Å²) in [5, 5.41) is 21.6. The number of ketones is 1. The molecule has 6 rings (SSSR count). The molecular weight excluding hydrogens is 474 g/mol. The summed E-state index contributed by atoms with van der Waals surface area (Å²) in [5.41, 5.74) is 5.25. The van der Waals surface area contributed by atoms with Crippen LogP contribution in [0.3, 0.4) is 0 Å². The molecule has 0 radical (unpaired) electrons. The van der Waals surface area contributed by atoms with Gasteiger partial charge in [-0.2, -0.15) is 5.10 Å². The highest BCUT2D eigenvalue weighted by molar-refractivity contribution is 5.93. The Morgan fingerprint density at radius 1 is 1.24 bits per heavy atom. The number of anilines is 1. The maximum absolute atomic E-state index is 13.3. The summed E-state index contributed by atoms with van der Waals surface area (Å²) in [6, 6.07) is 10.1. The highest BCUT2D eigenvalue weighted by Gasteiger charge is 2.58. The number of aromatic amines is 1. The number of aryl methyl sites for hydroxylation is 2. The number of hydrogen-bond donors (Lipinski definition) is 3. The van der Waals surface area contributed by atoms with E-state index >= 15 is 0 Å². The molecule has 6 nitrogen and oxygen atoms in total. The lowest BCUT2D eigenvalue weighted by molar-refractivity contribution is -0.129. The average Bonchev–Trinajstić information content (AvgIpc) is 3.46. The predicted octanol–water partition coefficient (Wildman–Crippen LogP) is 6.68. The van der Waals surface area contributed by atoms with E-state index < -0.39 is 0 Å². The van der Waals surface area contributed by atoms with Crippen LogP contribution in [0.15, 0.2) is 36.5 Å². The second-order valence-corrected chi connectivity index (χ2v) is 12.2. The summed E-state index contributed by atoms with van der Waals surface area (Å²) < 4.78 is 0. The topological polar surface area (TPSA) is 95.1 Å². The Morgan fingerprint density at radius 2 is 2.11 bits per heavy atom. The number of nitrogens with zero attached hydrogens (tertiary/aromatic N) is 1. The van der Waals surface area contributed by atoms with Crippen molar-refractivity contribution in [3.05, 3.63) is 53.2 Å². The Labute approximate surface area is 224 Å². The molecule has 0 unspecified atom stereocenters. The molecule has 6 heteroatoms. The number of amides is 1. The Hall–Kier alpha value is -3.15. The van der Waals surface area contributed by atoms with Crippen LogP contribution < -0.4 is 5.32 Å². The Morgan fingerprint density at radius 3 is 2.95 bits per heavy atom. The fraction of sp³-hybridized carbons (Fsp3) is 0.531. The third kappa shape index (κ3) is 4.32. The number of aromatic nitrogens is 2. The van der Waals surface area contributed by atoms with Gasteiger partial charge in [0, 0.05) is 29.3 Å². The van der Waals surface area contributed by atoms with E-state index in [1.54, 1.807) is 6.20 Å². The van der Waals surface area contributed by atoms with Crippen LogP contribution in [0.2, 0.25) is 0 Å². The van der Waals surface area contributed by atoms with Gasteiger partial charge in [-0.25, -0.2) is 0 Å². The molecule has 1 aromatic heterocycles. The van der Waals surface area contributed by atoms with Crippen molar-refractivity contribution in [3.63, 3.8) is 0 Å². The van der Waals surface area contributed by atoms with Crippen molar-refractivity contribution in [2.45, 2.75) is 84.0 Å². The van der Waals surface area contributed by atoms with Crippen molar-refractivity contribution in [3.8, 4) is 5.75 Å². The summed E-state index contributed by atoms with van der Waals surface area (Å²) in [6.45, 7) is 4.38. The number of carbonyl (C=O) groups is 2. The number of aromatic hydroxyl groups is 1. The van der Waals surface area contributed by atoms with Gasteiger partial charge < -0.3 is 10.4 Å². The van der Waals surface area contributed by atoms with Crippen LogP contribution in [0.1, 0.15) is 87.8 Å². The summed E-state index contributed by atoms with van der Waals surface area (Å²) >= 11 is 0. The van der Waals surface area contributed by atoms with Gasteiger partial charge in [0.2, 0.25) is 5.91 Å². The predicted molar refractivity (Wildman–Crippen MR) is 149 cm³/mol. The zero-order chi connectivity index (χ0) is 26.4. The third-order valence-electron chi connectivity index (χ3n) is 9.99. The molecular formula is C32H39N3O3. The Kier molecular flexibility index (Phi) is 6.53. The van der Waals surface area contributed by atoms with Crippen molar-refractivity contribution in [1.82, 2.24) is 10.2 Å². The molecule has 0 bridgehead atoms. The fourth-order valence-corrected chi connectivity index (χ4v) is 8.21. The van der Waals surface area contributed by atoms with E-state index in [9.17, 15) is 14.7 Å². The zero-order valence-electron chi connectivity index (χ0n) is 22.6. The van der Waals surface area contributed by atoms with Gasteiger partial charge in [-0.3, -0.25) is 14.7 Å². The van der Waals surface area contributed by atoms with Crippen LogP contribution in [0.25, 0.3) is 10.9 Å². The first-order valence-electron chi connectivity index (χ1n) is 14.5. The largest absolute Gasteiger partial charge is 0.508 e. The molecule has 1 heterocycles. The minimum absolute atomic E-state index is 0.0207. The smallest absolute Gasteiger partial charge is 0.224 e. The maximum atomic E-state index is 13.3. The monoisotopic (exact) mass is 513 g/mol. The number of H-pyrrole nitrogens is 1. The molecule has 0 saturated heterocycles. The second kappa shape index (κ2) is 9.87. The van der Waals surface area contributed by atoms with Gasteiger partial charge in [0.05, 0.1) is 11.7 Å². The third-order valence-corrected chi connectivity index (χ3v) is 9.99. The van der Waals surface area contributed by atoms with Crippen LogP contribution in [0.5, 0.6) is 5.75 Å². The molecule has 3 aliphatic rings. The van der Waals surface area contributed by atoms with E-state index in [2.05, 4.69) is 35.4 Å². The first kappa shape index (κ1) is 25.1. The number of Topliss-reactive ketones (excluding diaryl/α,β-unsaturated/α-hetero) is 1. The number of hydrogen-bond acceptors (Lipinski definition) is 4. The van der Waals surface area contributed by atoms with Crippen molar-refractivity contribution in [1.29, 1.82) is 0 Å². The molecule has 2 aromatic carbocycles. The van der Waals surface area contributed by atoms with E-state index in [1.807, 2.05) is 24.3 Å². The van der Waals surface area contributed by atoms with Crippen LogP contribution >= 0.6 is 0 Å². The lowest BCUT2D eigenvalue weighted by atomic mass is 9.54. The standard InChI is InChI=1S/C32H39N3O3/c1-3-5-20-14-26-19(15-28(20)36)9-11-25-24(26)12-13-32(2)29(37)16-21(31(25)32)6-4-7-30(38)34-23-10-8-22-18-33-35-27(22)17-23/h8,10,14-15,17-18,21,24-25,31,36H,3-7,9,11-13,16H2,1-2H3,(H,33,35)(H,34,38)/t21-,24+,25-,31+,32-/m1/s1. The number of fused-ring (bicyclic) bond motifs is 6. The minimum Gasteiger partial charge on any atom is -0.508 e. The van der Waals surface area contributed by atoms with Gasteiger partial charge in [0.25, 0.3) is 0 Å². The van der Waals surface area contributed by atoms with Crippen LogP contribution in [0, 0.1) is 23.2 Å². The minimum atomic E-state index is -0.228. The van der Waals surface area contributed by atoms with Gasteiger partial charge in [-0.15, -0.1) is 0 Å². The van der Waals surface area contributed by atoms with Crippen LogP contribution in [0.4, 0.5) is 5.69 Å². The normalized spacial score (nSPS) is 28.1. The number of rotatable bonds is 7. The Balaban J connectivity index is 1.14. The molecule has 3 aliphatic carbocycles. The van der Waals surface area contributed by atoms with E-state index in [0.29, 0.717) is 48.0 Å². The summed E-state index contributed by atoms with van der Waals surface area (Å²) in [4.78, 5) is 26.1. The van der Waals surface area contributed by atoms with Crippen molar-refractivity contribution < 1.29 is 14.7 Å². The lowest BCUT2D eigenvalue weighted by Crippen LogP contribution is -2.44. The number of phenolic OH excluding ortho intramolecular Hbond substituents is 1. The summed E-state index contributed by atoms with van der Waals surface area (Å²) in [5.74, 6) is 2.62. The highest BCUT2D eigenvalue weighted by atomic mass is 16.3. The van der Waals surface area contributed by atoms with E-state index in [-0.39, 0.29) is 11.3 Å². The molecule has 0 spiro atoms. The lowest BCUT2D eigenvalue weighted by Gasteiger charge is -2.50. The molecule has 1 amide bonds. The maximum Gasteiger partial charge on any atom is 0.224 e. The van der Waals surface area contributed by atoms with Gasteiger partial charge in [0.1, 0.15) is 11.5 Å². The number of nitrogens with one attached hydrogen (secondary N) is 2. The zero-order valence-corrected chi connectivity index (χ0v) is 22.6. The second-order valence-electron chi connectivity index (χ2n) is 12.2. The number of benzene rings is 2. The summed E-state index contributed by atoms with van der Waals surface area (Å²) in [7, 11) is 0. The molecule has 38 heavy (non-hydrogen) atoms. The molecule has 3 aromatic rings. The van der Waals surface area contributed by atoms with Gasteiger partial charge in [-0.1, -0.05) is 26.3 Å². The van der Waals surface area contributed by atoms with Crippen molar-refractivity contribution in [2.24, 2.45) is 23.2 Å². The first-order valence-corrected chi connectivity index (χ1v) is 14.5.